The summed E-state index contributed by atoms with van der Waals surface area (Å²) in [6.07, 6.45) is 10.1. The summed E-state index contributed by atoms with van der Waals surface area (Å²) in [5.41, 5.74) is 7.02. The second-order valence-electron chi connectivity index (χ2n) is 11.7. The number of hydrogen-bond acceptors (Lipinski definition) is 8. The molecule has 1 aliphatic rings. The Kier molecular flexibility index (Phi) is 15.0. The molecule has 1 heterocycles. The van der Waals surface area contributed by atoms with E-state index in [0.29, 0.717) is 50.1 Å². The van der Waals surface area contributed by atoms with E-state index in [-0.39, 0.29) is 43.1 Å². The number of hydroxylamine groups is 1. The van der Waals surface area contributed by atoms with Crippen molar-refractivity contribution >= 4 is 29.9 Å². The number of nitrogens with one attached hydrogen (secondary N) is 2. The molecule has 0 radical (unpaired) electrons. The van der Waals surface area contributed by atoms with Crippen LogP contribution in [0.25, 0.3) is 0 Å². The Bertz CT molecular complexity index is 1590. The third kappa shape index (κ3) is 13.0. The molecule has 49 heavy (non-hydrogen) atoms. The van der Waals surface area contributed by atoms with E-state index >= 15 is 0 Å². The number of amides is 3. The summed E-state index contributed by atoms with van der Waals surface area (Å²) >= 11 is 0. The van der Waals surface area contributed by atoms with E-state index in [1.807, 2.05) is 66.7 Å². The predicted octanol–water partition coefficient (Wildman–Crippen LogP) is 6.03. The van der Waals surface area contributed by atoms with Crippen molar-refractivity contribution in [1.82, 2.24) is 15.8 Å². The van der Waals surface area contributed by atoms with Crippen LogP contribution in [0.15, 0.2) is 96.1 Å². The number of ether oxygens (including phenoxy) is 2. The number of carbonyl (C=O) groups is 4. The van der Waals surface area contributed by atoms with E-state index in [1.54, 1.807) is 40.9 Å². The van der Waals surface area contributed by atoms with E-state index in [9.17, 15) is 19.2 Å². The first-order chi connectivity index (χ1) is 23.9. The van der Waals surface area contributed by atoms with E-state index in [1.165, 1.54) is 0 Å². The average Bonchev–Trinajstić information content (AvgIpc) is 3.12. The van der Waals surface area contributed by atoms with E-state index in [4.69, 9.17) is 14.7 Å². The maximum Gasteiger partial charge on any atom is 0.306 e. The molecule has 0 bridgehead atoms. The minimum Gasteiger partial charge on any atom is -0.494 e. The quantitative estimate of drug-likeness (QED) is 0.0475. The Hall–Kier alpha value is -5.29. The molecule has 3 amide bonds. The number of cyclic esters (lactones) is 1. The van der Waals surface area contributed by atoms with Crippen LogP contribution in [-0.2, 0) is 25.7 Å². The summed E-state index contributed by atoms with van der Waals surface area (Å²) in [7, 11) is 0. The van der Waals surface area contributed by atoms with Crippen LogP contribution in [0.4, 0.5) is 0 Å². The van der Waals surface area contributed by atoms with Gasteiger partial charge in [-0.25, -0.2) is 10.9 Å². The van der Waals surface area contributed by atoms with Crippen LogP contribution >= 0.6 is 0 Å². The molecule has 0 unspecified atom stereocenters. The zero-order valence-electron chi connectivity index (χ0n) is 27.6. The van der Waals surface area contributed by atoms with Gasteiger partial charge in [0.05, 0.1) is 19.4 Å². The summed E-state index contributed by atoms with van der Waals surface area (Å²) in [5.74, 6) is -0.545. The van der Waals surface area contributed by atoms with Crippen LogP contribution in [0.5, 0.6) is 5.75 Å². The van der Waals surface area contributed by atoms with Gasteiger partial charge in [-0.15, -0.1) is 0 Å². The number of esters is 1. The van der Waals surface area contributed by atoms with E-state index in [2.05, 4.69) is 10.5 Å². The van der Waals surface area contributed by atoms with Crippen LogP contribution in [0.1, 0.15) is 90.9 Å². The van der Waals surface area contributed by atoms with Gasteiger partial charge in [-0.1, -0.05) is 79.6 Å². The van der Waals surface area contributed by atoms with Gasteiger partial charge in [-0.3, -0.25) is 24.4 Å². The summed E-state index contributed by atoms with van der Waals surface area (Å²) < 4.78 is 11.6. The fourth-order valence-electron chi connectivity index (χ4n) is 5.29. The fraction of sp³-hybridized carbons (Fsp3) is 0.342. The molecule has 4 rings (SSSR count). The number of unbranched alkanes of at least 4 members (excludes halogenated alkanes) is 3. The Morgan fingerprint density at radius 1 is 0.918 bits per heavy atom. The molecule has 0 fully saturated rings. The monoisotopic (exact) mass is 668 g/mol. The molecule has 1 aliphatic heterocycles. The maximum absolute atomic E-state index is 13.4. The summed E-state index contributed by atoms with van der Waals surface area (Å²) in [6.45, 7) is 1.01. The molecule has 0 spiro atoms. The molecular weight excluding hydrogens is 624 g/mol. The highest BCUT2D eigenvalue weighted by molar-refractivity contribution is 5.95. The van der Waals surface area contributed by atoms with Gasteiger partial charge in [0.2, 0.25) is 11.8 Å². The van der Waals surface area contributed by atoms with Gasteiger partial charge in [-0.2, -0.15) is 5.10 Å². The first kappa shape index (κ1) is 36.5. The number of rotatable bonds is 14. The van der Waals surface area contributed by atoms with E-state index < -0.39 is 6.10 Å². The van der Waals surface area contributed by atoms with Gasteiger partial charge < -0.3 is 14.4 Å². The zero-order valence-corrected chi connectivity index (χ0v) is 27.6. The lowest BCUT2D eigenvalue weighted by molar-refractivity contribution is -0.152. The SMILES string of the molecule is O=C(CCCCCCOc1cccc(C(=O)N/N=C/c2cccc(CN3C[C@H](c4ccccc4)OC(=O)CC/C=C/CCC3=O)c2)c1)NO. The highest BCUT2D eigenvalue weighted by Crippen LogP contribution is 2.23. The Labute approximate surface area is 286 Å². The van der Waals surface area contributed by atoms with Crippen molar-refractivity contribution in [2.24, 2.45) is 5.10 Å². The number of allylic oxidation sites excluding steroid dienone is 2. The standard InChI is InChI=1S/C38H44N4O7/c43-35(41-47)20-8-3-4-11-23-48-33-19-13-18-32(25-33)38(46)40-39-26-29-14-12-15-30(24-29)27-42-28-34(31-16-6-5-7-17-31)49-37(45)22-10-2-1-9-21-36(42)44/h1-2,5-7,12-19,24-26,34,47H,3-4,8-11,20-23,27-28H2,(H,40,46)(H,41,43)/b2-1+,39-26+/t34-/m1/s1. The molecule has 258 valence electrons. The van der Waals surface area contributed by atoms with Crippen molar-refractivity contribution in [3.63, 3.8) is 0 Å². The summed E-state index contributed by atoms with van der Waals surface area (Å²) in [5, 5.41) is 12.7. The highest BCUT2D eigenvalue weighted by atomic mass is 16.5. The van der Waals surface area contributed by atoms with Gasteiger partial charge in [0.1, 0.15) is 11.9 Å². The van der Waals surface area contributed by atoms with Crippen LogP contribution in [-0.4, -0.2) is 53.2 Å². The Balaban J connectivity index is 1.33. The van der Waals surface area contributed by atoms with Crippen molar-refractivity contribution in [1.29, 1.82) is 0 Å². The number of benzene rings is 3. The smallest absolute Gasteiger partial charge is 0.306 e. The lowest BCUT2D eigenvalue weighted by Gasteiger charge is -2.28. The molecule has 3 N–H and O–H groups in total. The number of hydrogen-bond donors (Lipinski definition) is 3. The van der Waals surface area contributed by atoms with Gasteiger partial charge in [0.25, 0.3) is 5.91 Å². The number of nitrogens with zero attached hydrogens (tertiary/aromatic N) is 2. The Morgan fingerprint density at radius 3 is 2.51 bits per heavy atom. The average molecular weight is 669 g/mol. The highest BCUT2D eigenvalue weighted by Gasteiger charge is 2.24. The first-order valence-electron chi connectivity index (χ1n) is 16.7. The Morgan fingerprint density at radius 2 is 1.69 bits per heavy atom. The number of hydrazone groups is 1. The van der Waals surface area contributed by atoms with Gasteiger partial charge in [-0.05, 0) is 66.6 Å². The third-order valence-corrected chi connectivity index (χ3v) is 7.88. The van der Waals surface area contributed by atoms with Crippen molar-refractivity contribution < 1.29 is 33.9 Å². The lowest BCUT2D eigenvalue weighted by atomic mass is 10.1. The first-order valence-corrected chi connectivity index (χ1v) is 16.7. The number of carbonyl (C=O) groups excluding carboxylic acids is 4. The van der Waals surface area contributed by atoms with E-state index in [0.717, 1.165) is 36.0 Å². The van der Waals surface area contributed by atoms with Gasteiger partial charge >= 0.3 is 5.97 Å². The van der Waals surface area contributed by atoms with Crippen LogP contribution in [0.3, 0.4) is 0 Å². The fourth-order valence-corrected chi connectivity index (χ4v) is 5.29. The third-order valence-electron chi connectivity index (χ3n) is 7.88. The normalized spacial score (nSPS) is 16.3. The molecule has 1 atom stereocenters. The molecular formula is C38H44N4O7. The topological polar surface area (TPSA) is 147 Å². The van der Waals surface area contributed by atoms with Crippen molar-refractivity contribution in [2.45, 2.75) is 70.4 Å². The van der Waals surface area contributed by atoms with Crippen molar-refractivity contribution in [3.8, 4) is 5.75 Å². The summed E-state index contributed by atoms with van der Waals surface area (Å²) in [4.78, 5) is 51.6. The predicted molar refractivity (Wildman–Crippen MR) is 185 cm³/mol. The molecule has 0 aliphatic carbocycles. The van der Waals surface area contributed by atoms with Crippen LogP contribution < -0.4 is 15.6 Å². The van der Waals surface area contributed by atoms with Gasteiger partial charge in [0.15, 0.2) is 0 Å². The van der Waals surface area contributed by atoms with Gasteiger partial charge in [0, 0.05) is 31.4 Å². The molecule has 0 saturated heterocycles. The summed E-state index contributed by atoms with van der Waals surface area (Å²) in [6, 6.07) is 23.9. The molecule has 3 aromatic carbocycles. The van der Waals surface area contributed by atoms with Crippen LogP contribution in [0, 0.1) is 0 Å². The second-order valence-corrected chi connectivity index (χ2v) is 11.7. The molecule has 0 saturated carbocycles. The minimum absolute atomic E-state index is 0.0375. The second kappa shape index (κ2) is 20.2. The zero-order chi connectivity index (χ0) is 34.7. The minimum atomic E-state index is -0.594. The molecule has 11 heteroatoms. The largest absolute Gasteiger partial charge is 0.494 e. The van der Waals surface area contributed by atoms with Crippen molar-refractivity contribution in [3.05, 3.63) is 113 Å². The molecule has 11 nitrogen and oxygen atoms in total. The molecule has 0 aromatic heterocycles. The van der Waals surface area contributed by atoms with Crippen molar-refractivity contribution in [2.75, 3.05) is 13.2 Å². The maximum atomic E-state index is 13.4. The molecule has 3 aromatic rings. The van der Waals surface area contributed by atoms with Crippen LogP contribution in [0.2, 0.25) is 0 Å². The lowest BCUT2D eigenvalue weighted by Crippen LogP contribution is -2.35.